The molecule has 3 aromatic rings. The van der Waals surface area contributed by atoms with Crippen LogP contribution in [0.3, 0.4) is 0 Å². The number of benzene rings is 2. The zero-order valence-corrected chi connectivity index (χ0v) is 14.7. The van der Waals surface area contributed by atoms with E-state index in [1.165, 1.54) is 22.8 Å². The first-order chi connectivity index (χ1) is 12.9. The first-order valence-corrected chi connectivity index (χ1v) is 8.23. The van der Waals surface area contributed by atoms with E-state index < -0.39 is 10.8 Å². The van der Waals surface area contributed by atoms with E-state index in [0.29, 0.717) is 23.0 Å². The molecule has 27 heavy (non-hydrogen) atoms. The van der Waals surface area contributed by atoms with Crippen molar-refractivity contribution >= 4 is 28.4 Å². The number of amides is 1. The van der Waals surface area contributed by atoms with Gasteiger partial charge in [-0.25, -0.2) is 4.98 Å². The molecule has 0 aliphatic heterocycles. The van der Waals surface area contributed by atoms with Gasteiger partial charge in [-0.15, -0.1) is 0 Å². The normalized spacial score (nSPS) is 10.6. The number of hydrogen-bond acceptors (Lipinski definition) is 6. The van der Waals surface area contributed by atoms with Crippen molar-refractivity contribution in [2.75, 3.05) is 5.43 Å². The molecule has 0 aliphatic rings. The Morgan fingerprint density at radius 3 is 2.67 bits per heavy atom. The highest BCUT2D eigenvalue weighted by molar-refractivity contribution is 5.95. The first kappa shape index (κ1) is 18.1. The summed E-state index contributed by atoms with van der Waals surface area (Å²) >= 11 is 0. The molecular weight excluding hydrogens is 350 g/mol. The third-order valence-corrected chi connectivity index (χ3v) is 4.12. The van der Waals surface area contributed by atoms with E-state index in [9.17, 15) is 19.7 Å². The number of aromatic nitrogens is 2. The average molecular weight is 367 g/mol. The number of rotatable bonds is 5. The topological polar surface area (TPSA) is 119 Å². The number of carbonyl (C=O) groups is 1. The van der Waals surface area contributed by atoms with Crippen molar-refractivity contribution in [3.8, 4) is 0 Å². The number of para-hydroxylation sites is 1. The zero-order chi connectivity index (χ0) is 19.6. The lowest BCUT2D eigenvalue weighted by Crippen LogP contribution is -2.34. The monoisotopic (exact) mass is 367 g/mol. The number of hydrazine groups is 1. The van der Waals surface area contributed by atoms with E-state index in [2.05, 4.69) is 15.8 Å². The van der Waals surface area contributed by atoms with Gasteiger partial charge in [-0.1, -0.05) is 12.1 Å². The van der Waals surface area contributed by atoms with E-state index >= 15 is 0 Å². The summed E-state index contributed by atoms with van der Waals surface area (Å²) in [5.41, 5.74) is 6.00. The Kier molecular flexibility index (Phi) is 4.84. The highest BCUT2D eigenvalue weighted by Gasteiger charge is 2.15. The fourth-order valence-electron chi connectivity index (χ4n) is 2.74. The van der Waals surface area contributed by atoms with Gasteiger partial charge in [0.2, 0.25) is 5.95 Å². The molecule has 0 atom stereocenters. The smallest absolute Gasteiger partial charge is 0.272 e. The number of nitro benzene ring substituents is 1. The van der Waals surface area contributed by atoms with Crippen LogP contribution >= 0.6 is 0 Å². The van der Waals surface area contributed by atoms with Gasteiger partial charge in [0.25, 0.3) is 17.2 Å². The molecule has 0 fully saturated rings. The molecule has 0 radical (unpaired) electrons. The van der Waals surface area contributed by atoms with Crippen LogP contribution in [-0.2, 0) is 6.54 Å². The molecule has 2 aromatic carbocycles. The number of fused-ring (bicyclic) bond motifs is 1. The molecule has 0 aliphatic carbocycles. The minimum atomic E-state index is -0.506. The van der Waals surface area contributed by atoms with Gasteiger partial charge in [0.15, 0.2) is 0 Å². The Labute approximate surface area is 153 Å². The van der Waals surface area contributed by atoms with Crippen LogP contribution in [0.4, 0.5) is 11.6 Å². The highest BCUT2D eigenvalue weighted by atomic mass is 16.6. The quantitative estimate of drug-likeness (QED) is 0.528. The lowest BCUT2D eigenvalue weighted by molar-refractivity contribution is -0.385. The van der Waals surface area contributed by atoms with Crippen molar-refractivity contribution in [2.24, 2.45) is 0 Å². The van der Waals surface area contributed by atoms with Gasteiger partial charge in [0.05, 0.1) is 15.8 Å². The third kappa shape index (κ3) is 3.47. The number of nitro groups is 1. The van der Waals surface area contributed by atoms with Crippen LogP contribution < -0.4 is 16.4 Å². The molecule has 1 heterocycles. The van der Waals surface area contributed by atoms with Gasteiger partial charge in [0.1, 0.15) is 0 Å². The summed E-state index contributed by atoms with van der Waals surface area (Å²) in [6, 6.07) is 11.0. The van der Waals surface area contributed by atoms with Crippen molar-refractivity contribution in [2.45, 2.75) is 20.4 Å². The largest absolute Gasteiger partial charge is 0.277 e. The van der Waals surface area contributed by atoms with Crippen molar-refractivity contribution in [3.05, 3.63) is 74.1 Å². The molecule has 0 unspecified atom stereocenters. The van der Waals surface area contributed by atoms with Gasteiger partial charge < -0.3 is 0 Å². The SMILES string of the molecule is CCn1c(NNC(=O)c2ccc([N+](=O)[O-])c(C)c2)nc2ccccc2c1=O. The summed E-state index contributed by atoms with van der Waals surface area (Å²) in [4.78, 5) is 39.6. The molecule has 9 nitrogen and oxygen atoms in total. The second kappa shape index (κ2) is 7.24. The molecule has 0 bridgehead atoms. The Morgan fingerprint density at radius 2 is 2.00 bits per heavy atom. The number of anilines is 1. The summed E-state index contributed by atoms with van der Waals surface area (Å²) in [6.45, 7) is 3.72. The Hall–Kier alpha value is -3.75. The van der Waals surface area contributed by atoms with Crippen molar-refractivity contribution in [1.29, 1.82) is 0 Å². The Bertz CT molecular complexity index is 1110. The van der Waals surface area contributed by atoms with E-state index in [0.717, 1.165) is 0 Å². The lowest BCUT2D eigenvalue weighted by atomic mass is 10.1. The zero-order valence-electron chi connectivity index (χ0n) is 14.7. The average Bonchev–Trinajstić information content (AvgIpc) is 2.65. The molecule has 138 valence electrons. The van der Waals surface area contributed by atoms with E-state index in [-0.39, 0.29) is 22.8 Å². The maximum Gasteiger partial charge on any atom is 0.272 e. The Morgan fingerprint density at radius 1 is 1.26 bits per heavy atom. The molecule has 1 aromatic heterocycles. The predicted octanol–water partition coefficient (Wildman–Crippen LogP) is 2.39. The van der Waals surface area contributed by atoms with Crippen molar-refractivity contribution < 1.29 is 9.72 Å². The summed E-state index contributed by atoms with van der Waals surface area (Å²) in [5.74, 6) is -0.300. The molecule has 2 N–H and O–H groups in total. The predicted molar refractivity (Wildman–Crippen MR) is 101 cm³/mol. The van der Waals surface area contributed by atoms with Crippen LogP contribution in [0.5, 0.6) is 0 Å². The highest BCUT2D eigenvalue weighted by Crippen LogP contribution is 2.18. The number of aryl methyl sites for hydroxylation is 1. The summed E-state index contributed by atoms with van der Waals surface area (Å²) in [7, 11) is 0. The minimum Gasteiger partial charge on any atom is -0.277 e. The van der Waals surface area contributed by atoms with Gasteiger partial charge in [-0.2, -0.15) is 0 Å². The molecule has 0 saturated carbocycles. The van der Waals surface area contributed by atoms with Crippen LogP contribution in [0.2, 0.25) is 0 Å². The maximum atomic E-state index is 12.5. The first-order valence-electron chi connectivity index (χ1n) is 8.23. The van der Waals surface area contributed by atoms with Crippen LogP contribution in [0.1, 0.15) is 22.8 Å². The fourth-order valence-corrected chi connectivity index (χ4v) is 2.74. The number of carbonyl (C=O) groups excluding carboxylic acids is 1. The number of hydrogen-bond donors (Lipinski definition) is 2. The van der Waals surface area contributed by atoms with E-state index in [1.807, 2.05) is 0 Å². The van der Waals surface area contributed by atoms with Crippen molar-refractivity contribution in [3.63, 3.8) is 0 Å². The molecule has 0 saturated heterocycles. The van der Waals surface area contributed by atoms with Crippen molar-refractivity contribution in [1.82, 2.24) is 15.0 Å². The van der Waals surface area contributed by atoms with E-state index in [1.54, 1.807) is 38.1 Å². The maximum absolute atomic E-state index is 12.5. The van der Waals surface area contributed by atoms with Gasteiger partial charge >= 0.3 is 0 Å². The molecule has 3 rings (SSSR count). The second-order valence-corrected chi connectivity index (χ2v) is 5.84. The number of nitrogens with zero attached hydrogens (tertiary/aromatic N) is 3. The lowest BCUT2D eigenvalue weighted by Gasteiger charge is -2.14. The van der Waals surface area contributed by atoms with Crippen LogP contribution in [-0.4, -0.2) is 20.4 Å². The van der Waals surface area contributed by atoms with E-state index in [4.69, 9.17) is 0 Å². The molecular formula is C18H17N5O4. The summed E-state index contributed by atoms with van der Waals surface area (Å²) in [6.07, 6.45) is 0. The third-order valence-electron chi connectivity index (χ3n) is 4.12. The van der Waals surface area contributed by atoms with Crippen LogP contribution in [0, 0.1) is 17.0 Å². The van der Waals surface area contributed by atoms with Gasteiger partial charge in [-0.3, -0.25) is 35.1 Å². The fraction of sp³-hybridized carbons (Fsp3) is 0.167. The Balaban J connectivity index is 1.86. The minimum absolute atomic E-state index is 0.0597. The standard InChI is InChI=1S/C18H17N5O4/c1-3-22-17(25)13-6-4-5-7-14(13)19-18(22)21-20-16(24)12-8-9-15(23(26)27)11(2)10-12/h4-10H,3H2,1-2H3,(H,19,21)(H,20,24). The van der Waals surface area contributed by atoms with Crippen LogP contribution in [0.15, 0.2) is 47.3 Å². The molecule has 0 spiro atoms. The summed E-state index contributed by atoms with van der Waals surface area (Å²) < 4.78 is 1.41. The van der Waals surface area contributed by atoms with Crippen LogP contribution in [0.25, 0.3) is 10.9 Å². The van der Waals surface area contributed by atoms with Gasteiger partial charge in [-0.05, 0) is 38.1 Å². The molecule has 9 heteroatoms. The second-order valence-electron chi connectivity index (χ2n) is 5.84. The molecule has 1 amide bonds. The summed E-state index contributed by atoms with van der Waals surface area (Å²) in [5, 5.41) is 11.4. The van der Waals surface area contributed by atoms with Gasteiger partial charge in [0, 0.05) is 23.7 Å². The number of nitrogens with one attached hydrogen (secondary N) is 2.